The van der Waals surface area contributed by atoms with Gasteiger partial charge in [-0.2, -0.15) is 0 Å². The third-order valence-electron chi connectivity index (χ3n) is 5.24. The van der Waals surface area contributed by atoms with Crippen LogP contribution in [0, 0.1) is 16.0 Å². The van der Waals surface area contributed by atoms with Gasteiger partial charge in [-0.15, -0.1) is 0 Å². The number of rotatable bonds is 7. The molecule has 1 aromatic heterocycles. The number of anilines is 1. The monoisotopic (exact) mass is 500 g/mol. The number of nitrogens with one attached hydrogen (secondary N) is 2. The summed E-state index contributed by atoms with van der Waals surface area (Å²) in [5.74, 6) is 0.725. The number of benzene rings is 3. The van der Waals surface area contributed by atoms with Gasteiger partial charge in [-0.25, -0.2) is 4.98 Å². The third kappa shape index (κ3) is 6.00. The summed E-state index contributed by atoms with van der Waals surface area (Å²) in [4.78, 5) is 28.4. The van der Waals surface area contributed by atoms with Crippen LogP contribution in [-0.4, -0.2) is 27.5 Å². The number of hydrogen-bond acceptors (Lipinski definition) is 6. The minimum absolute atomic E-state index is 0.0371. The normalized spacial score (nSPS) is 10.8. The lowest BCUT2D eigenvalue weighted by Gasteiger charge is -2.13. The number of nitro groups is 1. The van der Waals surface area contributed by atoms with E-state index in [1.165, 1.54) is 24.3 Å². The van der Waals surface area contributed by atoms with Gasteiger partial charge < -0.3 is 10.1 Å². The Morgan fingerprint density at radius 2 is 1.81 bits per heavy atom. The van der Waals surface area contributed by atoms with Gasteiger partial charge in [0.15, 0.2) is 5.11 Å². The molecule has 1 amide bonds. The van der Waals surface area contributed by atoms with Crippen molar-refractivity contribution in [2.45, 2.75) is 13.8 Å². The Kier molecular flexibility index (Phi) is 7.50. The number of amides is 1. The van der Waals surface area contributed by atoms with Crippen LogP contribution in [0.1, 0.15) is 24.2 Å². The molecular weight excluding hydrogens is 476 g/mol. The van der Waals surface area contributed by atoms with Crippen molar-refractivity contribution in [3.63, 3.8) is 0 Å². The summed E-state index contributed by atoms with van der Waals surface area (Å²) in [6, 6.07) is 22.5. The highest BCUT2D eigenvalue weighted by molar-refractivity contribution is 7.80. The molecule has 0 bridgehead atoms. The molecule has 182 valence electrons. The molecule has 0 saturated carbocycles. The summed E-state index contributed by atoms with van der Waals surface area (Å²) < 4.78 is 5.85. The predicted octanol–water partition coefficient (Wildman–Crippen LogP) is 5.97. The summed E-state index contributed by atoms with van der Waals surface area (Å²) in [5, 5.41) is 17.2. The van der Waals surface area contributed by atoms with Crippen LogP contribution in [-0.2, 0) is 0 Å². The molecule has 0 saturated heterocycles. The first-order valence-corrected chi connectivity index (χ1v) is 11.7. The summed E-state index contributed by atoms with van der Waals surface area (Å²) >= 11 is 5.30. The van der Waals surface area contributed by atoms with Crippen LogP contribution >= 0.6 is 12.2 Å². The quantitative estimate of drug-likeness (QED) is 0.183. The van der Waals surface area contributed by atoms with E-state index < -0.39 is 10.8 Å². The van der Waals surface area contributed by atoms with E-state index in [-0.39, 0.29) is 10.8 Å². The highest BCUT2D eigenvalue weighted by atomic mass is 32.1. The maximum Gasteiger partial charge on any atom is 0.269 e. The molecule has 4 aromatic rings. The van der Waals surface area contributed by atoms with Crippen molar-refractivity contribution in [1.29, 1.82) is 0 Å². The van der Waals surface area contributed by atoms with Crippen LogP contribution in [0.5, 0.6) is 5.75 Å². The van der Waals surface area contributed by atoms with Gasteiger partial charge in [0.2, 0.25) is 0 Å². The van der Waals surface area contributed by atoms with Gasteiger partial charge in [-0.3, -0.25) is 20.2 Å². The summed E-state index contributed by atoms with van der Waals surface area (Å²) in [7, 11) is 0. The van der Waals surface area contributed by atoms with Crippen molar-refractivity contribution in [2.24, 2.45) is 5.92 Å². The third-order valence-corrected chi connectivity index (χ3v) is 5.44. The Hall–Kier alpha value is -4.37. The number of thiocarbonyl (C=S) groups is 1. The van der Waals surface area contributed by atoms with E-state index >= 15 is 0 Å². The number of nitro benzene ring substituents is 1. The topological polar surface area (TPSA) is 106 Å². The zero-order chi connectivity index (χ0) is 25.7. The first-order chi connectivity index (χ1) is 17.3. The van der Waals surface area contributed by atoms with E-state index in [0.717, 1.165) is 11.3 Å². The van der Waals surface area contributed by atoms with Gasteiger partial charge in [0.1, 0.15) is 5.75 Å². The number of aromatic nitrogens is 1. The van der Waals surface area contributed by atoms with Gasteiger partial charge in [-0.1, -0.05) is 44.2 Å². The predicted molar refractivity (Wildman–Crippen MR) is 144 cm³/mol. The highest BCUT2D eigenvalue weighted by Crippen LogP contribution is 2.27. The molecule has 0 fully saturated rings. The van der Waals surface area contributed by atoms with Gasteiger partial charge in [-0.05, 0) is 54.5 Å². The number of hydrogen-bond donors (Lipinski definition) is 2. The zero-order valence-electron chi connectivity index (χ0n) is 19.7. The average Bonchev–Trinajstić information content (AvgIpc) is 2.87. The SMILES string of the molecule is CC(C)COc1cccc(-c2cc(C(=O)NC(=S)Nc3ccc([N+](=O)[O-])cc3)c3ccccc3n2)c1. The number of ether oxygens (including phenoxy) is 1. The minimum Gasteiger partial charge on any atom is -0.493 e. The van der Waals surface area contributed by atoms with Crippen LogP contribution in [0.15, 0.2) is 78.9 Å². The molecule has 0 unspecified atom stereocenters. The van der Waals surface area contributed by atoms with Crippen molar-refractivity contribution in [1.82, 2.24) is 10.3 Å². The number of carbonyl (C=O) groups is 1. The van der Waals surface area contributed by atoms with Crippen LogP contribution in [0.3, 0.4) is 0 Å². The summed E-state index contributed by atoms with van der Waals surface area (Å²) in [5.41, 5.74) is 3.01. The Bertz CT molecular complexity index is 1440. The molecule has 0 aliphatic heterocycles. The number of fused-ring (bicyclic) bond motifs is 1. The zero-order valence-corrected chi connectivity index (χ0v) is 20.5. The molecule has 8 nitrogen and oxygen atoms in total. The molecule has 36 heavy (non-hydrogen) atoms. The van der Waals surface area contributed by atoms with E-state index in [0.29, 0.717) is 40.4 Å². The molecule has 0 aliphatic rings. The lowest BCUT2D eigenvalue weighted by atomic mass is 10.0. The molecule has 1 heterocycles. The standard InChI is InChI=1S/C27H24N4O4S/c1-17(2)16-35-21-7-5-6-18(14-21)25-15-23(22-8-3-4-9-24(22)29-25)26(32)30-27(36)28-19-10-12-20(13-11-19)31(33)34/h3-15,17H,16H2,1-2H3,(H2,28,30,32,36). The molecule has 3 aromatic carbocycles. The molecule has 0 aliphatic carbocycles. The lowest BCUT2D eigenvalue weighted by Crippen LogP contribution is -2.34. The van der Waals surface area contributed by atoms with E-state index in [4.69, 9.17) is 21.9 Å². The Morgan fingerprint density at radius 1 is 1.06 bits per heavy atom. The second kappa shape index (κ2) is 10.9. The maximum absolute atomic E-state index is 13.3. The van der Waals surface area contributed by atoms with Crippen LogP contribution in [0.4, 0.5) is 11.4 Å². The van der Waals surface area contributed by atoms with Gasteiger partial charge >= 0.3 is 0 Å². The fourth-order valence-electron chi connectivity index (χ4n) is 3.52. The number of para-hydroxylation sites is 1. The first-order valence-electron chi connectivity index (χ1n) is 11.3. The van der Waals surface area contributed by atoms with Crippen molar-refractivity contribution in [3.8, 4) is 17.0 Å². The smallest absolute Gasteiger partial charge is 0.269 e. The number of carbonyl (C=O) groups excluding carboxylic acids is 1. The molecule has 4 rings (SSSR count). The fourth-order valence-corrected chi connectivity index (χ4v) is 3.73. The van der Waals surface area contributed by atoms with E-state index in [2.05, 4.69) is 24.5 Å². The van der Waals surface area contributed by atoms with Gasteiger partial charge in [0, 0.05) is 28.8 Å². The van der Waals surface area contributed by atoms with Crippen LogP contribution in [0.25, 0.3) is 22.2 Å². The highest BCUT2D eigenvalue weighted by Gasteiger charge is 2.16. The second-order valence-corrected chi connectivity index (χ2v) is 8.93. The Balaban J connectivity index is 1.59. The van der Waals surface area contributed by atoms with Crippen molar-refractivity contribution < 1.29 is 14.5 Å². The Labute approximate surface area is 213 Å². The van der Waals surface area contributed by atoms with E-state index in [1.54, 1.807) is 6.07 Å². The lowest BCUT2D eigenvalue weighted by molar-refractivity contribution is -0.384. The van der Waals surface area contributed by atoms with Crippen LogP contribution < -0.4 is 15.4 Å². The maximum atomic E-state index is 13.3. The number of nitrogens with zero attached hydrogens (tertiary/aromatic N) is 2. The first kappa shape index (κ1) is 24.7. The number of non-ortho nitro benzene ring substituents is 1. The van der Waals surface area contributed by atoms with Crippen molar-refractivity contribution in [3.05, 3.63) is 94.5 Å². The van der Waals surface area contributed by atoms with Crippen LogP contribution in [0.2, 0.25) is 0 Å². The number of pyridine rings is 1. The molecule has 2 N–H and O–H groups in total. The molecule has 0 atom stereocenters. The fraction of sp³-hybridized carbons (Fsp3) is 0.148. The van der Waals surface area contributed by atoms with Crippen molar-refractivity contribution in [2.75, 3.05) is 11.9 Å². The molecule has 9 heteroatoms. The van der Waals surface area contributed by atoms with Gasteiger partial charge in [0.05, 0.1) is 28.3 Å². The Morgan fingerprint density at radius 3 is 2.53 bits per heavy atom. The average molecular weight is 501 g/mol. The van der Waals surface area contributed by atoms with Crippen molar-refractivity contribution >= 4 is 45.5 Å². The summed E-state index contributed by atoms with van der Waals surface area (Å²) in [6.45, 7) is 4.77. The van der Waals surface area contributed by atoms with E-state index in [9.17, 15) is 14.9 Å². The second-order valence-electron chi connectivity index (χ2n) is 8.52. The minimum atomic E-state index is -0.484. The molecular formula is C27H24N4O4S. The largest absolute Gasteiger partial charge is 0.493 e. The van der Waals surface area contributed by atoms with Gasteiger partial charge in [0.25, 0.3) is 11.6 Å². The molecule has 0 radical (unpaired) electrons. The summed E-state index contributed by atoms with van der Waals surface area (Å²) in [6.07, 6.45) is 0. The van der Waals surface area contributed by atoms with E-state index in [1.807, 2.05) is 48.5 Å². The molecule has 0 spiro atoms.